The van der Waals surface area contributed by atoms with Crippen molar-refractivity contribution in [2.45, 2.75) is 13.0 Å². The number of fused-ring (bicyclic) bond motifs is 3. The van der Waals surface area contributed by atoms with Crippen LogP contribution in [0.15, 0.2) is 67.3 Å². The van der Waals surface area contributed by atoms with Crippen LogP contribution in [0.5, 0.6) is 0 Å². The van der Waals surface area contributed by atoms with Gasteiger partial charge < -0.3 is 4.57 Å². The van der Waals surface area contributed by atoms with Crippen LogP contribution in [0, 0.1) is 0 Å². The smallest absolute Gasteiger partial charge is 0.0489 e. The minimum atomic E-state index is 0.976. The molecule has 2 aromatic carbocycles. The van der Waals surface area contributed by atoms with E-state index in [1.54, 1.807) is 0 Å². The van der Waals surface area contributed by atoms with Gasteiger partial charge in [0.1, 0.15) is 0 Å². The molecule has 23 heavy (non-hydrogen) atoms. The molecule has 116 valence electrons. The first-order valence-electron chi connectivity index (χ1n) is 8.37. The summed E-state index contributed by atoms with van der Waals surface area (Å²) in [5.41, 5.74) is 5.59. The summed E-state index contributed by atoms with van der Waals surface area (Å²) in [6, 6.07) is 19.6. The predicted molar refractivity (Wildman–Crippen MR) is 97.7 cm³/mol. The fraction of sp³-hybridized carbons (Fsp3) is 0.238. The largest absolute Gasteiger partial charge is 0.343 e. The fourth-order valence-electron chi connectivity index (χ4n) is 3.78. The highest BCUT2D eigenvalue weighted by Gasteiger charge is 2.21. The van der Waals surface area contributed by atoms with Crippen LogP contribution in [0.2, 0.25) is 0 Å². The van der Waals surface area contributed by atoms with Crippen LogP contribution < -0.4 is 0 Å². The van der Waals surface area contributed by atoms with Crippen LogP contribution >= 0.6 is 0 Å². The normalized spacial score (nSPS) is 15.3. The van der Waals surface area contributed by atoms with Crippen molar-refractivity contribution in [3.63, 3.8) is 0 Å². The molecule has 1 aliphatic heterocycles. The third-order valence-electron chi connectivity index (χ3n) is 4.83. The summed E-state index contributed by atoms with van der Waals surface area (Å²) in [5.74, 6) is 0. The maximum Gasteiger partial charge on any atom is 0.0489 e. The highest BCUT2D eigenvalue weighted by molar-refractivity contribution is 5.98. The van der Waals surface area contributed by atoms with Crippen molar-refractivity contribution in [2.75, 3.05) is 19.6 Å². The molecule has 0 fully saturated rings. The summed E-state index contributed by atoms with van der Waals surface area (Å²) >= 11 is 0. The quantitative estimate of drug-likeness (QED) is 0.653. The molecular formula is C21H22N2. The van der Waals surface area contributed by atoms with Crippen molar-refractivity contribution in [1.82, 2.24) is 9.47 Å². The molecule has 1 aliphatic rings. The Balaban J connectivity index is 1.89. The van der Waals surface area contributed by atoms with Gasteiger partial charge in [-0.15, -0.1) is 6.58 Å². The average Bonchev–Trinajstić information content (AvgIpc) is 2.77. The number of hydrogen-bond donors (Lipinski definition) is 0. The number of nitrogens with zero attached hydrogens (tertiary/aromatic N) is 2. The minimum absolute atomic E-state index is 0.976. The second-order valence-electron chi connectivity index (χ2n) is 6.20. The molecule has 4 rings (SSSR count). The second-order valence-corrected chi connectivity index (χ2v) is 6.20. The van der Waals surface area contributed by atoms with Gasteiger partial charge in [-0.1, -0.05) is 54.6 Å². The molecule has 2 nitrogen and oxygen atoms in total. The molecule has 0 saturated heterocycles. The lowest BCUT2D eigenvalue weighted by atomic mass is 10.0. The Morgan fingerprint density at radius 3 is 2.52 bits per heavy atom. The van der Waals surface area contributed by atoms with Crippen LogP contribution in [0.25, 0.3) is 22.0 Å². The van der Waals surface area contributed by atoms with Crippen LogP contribution in [0.3, 0.4) is 0 Å². The lowest BCUT2D eigenvalue weighted by molar-refractivity contribution is 0.310. The summed E-state index contributed by atoms with van der Waals surface area (Å²) in [7, 11) is 0. The number of aromatic nitrogens is 1. The van der Waals surface area contributed by atoms with Crippen molar-refractivity contribution in [3.05, 3.63) is 72.9 Å². The molecule has 0 bridgehead atoms. The first kappa shape index (κ1) is 14.3. The maximum atomic E-state index is 3.89. The standard InChI is InChI=1S/C21H22N2/c1-2-13-22-14-12-20-21(17-8-4-3-5-9-17)18-10-6-7-11-19(18)23(20)16-15-22/h2-11H,1,12-16H2. The number of benzene rings is 2. The van der Waals surface area contributed by atoms with Gasteiger partial charge in [0.25, 0.3) is 0 Å². The summed E-state index contributed by atoms with van der Waals surface area (Å²) in [6.07, 6.45) is 3.10. The number of para-hydroxylation sites is 1. The zero-order chi connectivity index (χ0) is 15.6. The fourth-order valence-corrected chi connectivity index (χ4v) is 3.78. The van der Waals surface area contributed by atoms with Gasteiger partial charge in [0.05, 0.1) is 0 Å². The van der Waals surface area contributed by atoms with E-state index in [0.29, 0.717) is 0 Å². The SMILES string of the molecule is C=CCN1CCc2c(-c3ccccc3)c3ccccc3n2CC1. The molecule has 0 aliphatic carbocycles. The maximum absolute atomic E-state index is 3.89. The van der Waals surface area contributed by atoms with E-state index in [1.165, 1.54) is 27.7 Å². The summed E-state index contributed by atoms with van der Waals surface area (Å²) in [4.78, 5) is 2.49. The second kappa shape index (κ2) is 6.05. The third kappa shape index (κ3) is 2.49. The Bertz CT molecular complexity index is 830. The summed E-state index contributed by atoms with van der Waals surface area (Å²) in [6.45, 7) is 8.11. The Labute approximate surface area is 137 Å². The predicted octanol–water partition coefficient (Wildman–Crippen LogP) is 4.35. The molecule has 0 radical (unpaired) electrons. The monoisotopic (exact) mass is 302 g/mol. The first-order chi connectivity index (χ1) is 11.4. The molecule has 2 heteroatoms. The van der Waals surface area contributed by atoms with E-state index in [2.05, 4.69) is 70.6 Å². The summed E-state index contributed by atoms with van der Waals surface area (Å²) in [5, 5.41) is 1.38. The van der Waals surface area contributed by atoms with Gasteiger partial charge in [0.2, 0.25) is 0 Å². The molecule has 0 N–H and O–H groups in total. The first-order valence-corrected chi connectivity index (χ1v) is 8.37. The molecule has 0 atom stereocenters. The van der Waals surface area contributed by atoms with E-state index < -0.39 is 0 Å². The van der Waals surface area contributed by atoms with Gasteiger partial charge in [-0.25, -0.2) is 0 Å². The Morgan fingerprint density at radius 2 is 1.70 bits per heavy atom. The van der Waals surface area contributed by atoms with E-state index in [0.717, 1.165) is 32.6 Å². The van der Waals surface area contributed by atoms with Gasteiger partial charge in [0, 0.05) is 54.8 Å². The van der Waals surface area contributed by atoms with Crippen LogP contribution in [0.1, 0.15) is 5.69 Å². The topological polar surface area (TPSA) is 8.17 Å². The Kier molecular flexibility index (Phi) is 3.76. The molecule has 1 aromatic heterocycles. The van der Waals surface area contributed by atoms with Crippen molar-refractivity contribution in [1.29, 1.82) is 0 Å². The van der Waals surface area contributed by atoms with Crippen LogP contribution in [-0.2, 0) is 13.0 Å². The number of rotatable bonds is 3. The van der Waals surface area contributed by atoms with Gasteiger partial charge in [-0.3, -0.25) is 4.90 Å². The Hall–Kier alpha value is -2.32. The lowest BCUT2D eigenvalue weighted by Gasteiger charge is -2.17. The van der Waals surface area contributed by atoms with E-state index in [-0.39, 0.29) is 0 Å². The molecule has 2 heterocycles. The Morgan fingerprint density at radius 1 is 0.913 bits per heavy atom. The number of hydrogen-bond acceptors (Lipinski definition) is 1. The molecular weight excluding hydrogens is 280 g/mol. The lowest BCUT2D eigenvalue weighted by Crippen LogP contribution is -2.26. The van der Waals surface area contributed by atoms with Crippen molar-refractivity contribution in [2.24, 2.45) is 0 Å². The third-order valence-corrected chi connectivity index (χ3v) is 4.83. The highest BCUT2D eigenvalue weighted by atomic mass is 15.2. The zero-order valence-corrected chi connectivity index (χ0v) is 13.4. The average molecular weight is 302 g/mol. The van der Waals surface area contributed by atoms with Crippen LogP contribution in [0.4, 0.5) is 0 Å². The van der Waals surface area contributed by atoms with E-state index >= 15 is 0 Å². The zero-order valence-electron chi connectivity index (χ0n) is 13.4. The van der Waals surface area contributed by atoms with Crippen molar-refractivity contribution >= 4 is 10.9 Å². The molecule has 0 saturated carbocycles. The minimum Gasteiger partial charge on any atom is -0.343 e. The van der Waals surface area contributed by atoms with Gasteiger partial charge in [-0.2, -0.15) is 0 Å². The molecule has 0 amide bonds. The van der Waals surface area contributed by atoms with Crippen molar-refractivity contribution in [3.8, 4) is 11.1 Å². The molecule has 3 aromatic rings. The molecule has 0 spiro atoms. The van der Waals surface area contributed by atoms with Gasteiger partial charge in [-0.05, 0) is 11.6 Å². The van der Waals surface area contributed by atoms with Gasteiger partial charge >= 0.3 is 0 Å². The van der Waals surface area contributed by atoms with Crippen molar-refractivity contribution < 1.29 is 0 Å². The van der Waals surface area contributed by atoms with Gasteiger partial charge in [0.15, 0.2) is 0 Å². The van der Waals surface area contributed by atoms with E-state index in [9.17, 15) is 0 Å². The van der Waals surface area contributed by atoms with E-state index in [4.69, 9.17) is 0 Å². The summed E-state index contributed by atoms with van der Waals surface area (Å²) < 4.78 is 2.53. The highest BCUT2D eigenvalue weighted by Crippen LogP contribution is 2.36. The molecule has 0 unspecified atom stereocenters. The van der Waals surface area contributed by atoms with E-state index in [1.807, 2.05) is 6.08 Å². The van der Waals surface area contributed by atoms with Crippen LogP contribution in [-0.4, -0.2) is 29.1 Å².